The first kappa shape index (κ1) is 11.2. The Morgan fingerprint density at radius 3 is 2.69 bits per heavy atom. The molecular formula is C10H16OS2. The van der Waals surface area contributed by atoms with E-state index in [9.17, 15) is 0 Å². The van der Waals surface area contributed by atoms with Crippen LogP contribution in [0.1, 0.15) is 27.2 Å². The molecule has 0 aromatic rings. The van der Waals surface area contributed by atoms with Crippen molar-refractivity contribution in [2.24, 2.45) is 0 Å². The smallest absolute Gasteiger partial charge is 0.0784 e. The third-order valence-electron chi connectivity index (χ3n) is 1.74. The lowest BCUT2D eigenvalue weighted by atomic mass is 10.5. The van der Waals surface area contributed by atoms with Crippen molar-refractivity contribution in [2.45, 2.75) is 27.2 Å². The van der Waals surface area contributed by atoms with Gasteiger partial charge < -0.3 is 4.74 Å². The summed E-state index contributed by atoms with van der Waals surface area (Å²) in [5, 5.41) is 2.20. The summed E-state index contributed by atoms with van der Waals surface area (Å²) in [6.07, 6.45) is 1.10. The van der Waals surface area contributed by atoms with E-state index in [1.165, 1.54) is 14.7 Å². The van der Waals surface area contributed by atoms with Crippen molar-refractivity contribution in [2.75, 3.05) is 13.2 Å². The van der Waals surface area contributed by atoms with Crippen molar-refractivity contribution in [3.05, 3.63) is 20.1 Å². The quantitative estimate of drug-likeness (QED) is 0.658. The highest BCUT2D eigenvalue weighted by Gasteiger charge is 2.08. The van der Waals surface area contributed by atoms with Crippen molar-refractivity contribution in [3.8, 4) is 0 Å². The second-order valence-electron chi connectivity index (χ2n) is 2.97. The standard InChI is InChI=1S/C10H16OS2/c1-4-5-11-6-10-7-12-8(2)9(3)13-10/h7H,4-6H2,1-3H3. The Labute approximate surface area is 89.0 Å². The predicted octanol–water partition coefficient (Wildman–Crippen LogP) is 3.99. The Morgan fingerprint density at radius 1 is 1.31 bits per heavy atom. The lowest BCUT2D eigenvalue weighted by molar-refractivity contribution is 0.161. The van der Waals surface area contributed by atoms with Gasteiger partial charge in [-0.05, 0) is 35.5 Å². The molecule has 0 fully saturated rings. The predicted molar refractivity (Wildman–Crippen MR) is 62.7 cm³/mol. The van der Waals surface area contributed by atoms with Gasteiger partial charge in [0.1, 0.15) is 0 Å². The molecule has 1 nitrogen and oxygen atoms in total. The molecule has 1 heterocycles. The van der Waals surface area contributed by atoms with E-state index in [1.54, 1.807) is 0 Å². The maximum Gasteiger partial charge on any atom is 0.0784 e. The molecule has 74 valence electrons. The highest BCUT2D eigenvalue weighted by atomic mass is 32.2. The first-order chi connectivity index (χ1) is 6.24. The summed E-state index contributed by atoms with van der Waals surface area (Å²) in [6.45, 7) is 8.10. The largest absolute Gasteiger partial charge is 0.376 e. The molecule has 0 spiro atoms. The van der Waals surface area contributed by atoms with Gasteiger partial charge in [-0.2, -0.15) is 0 Å². The van der Waals surface area contributed by atoms with Crippen LogP contribution in [-0.2, 0) is 4.74 Å². The molecule has 1 aliphatic heterocycles. The van der Waals surface area contributed by atoms with Crippen molar-refractivity contribution >= 4 is 23.5 Å². The summed E-state index contributed by atoms with van der Waals surface area (Å²) in [5.74, 6) is 0. The average Bonchev–Trinajstić information content (AvgIpc) is 2.12. The first-order valence-corrected chi connectivity index (χ1v) is 6.22. The first-order valence-electron chi connectivity index (χ1n) is 4.52. The zero-order valence-corrected chi connectivity index (χ0v) is 10.1. The van der Waals surface area contributed by atoms with E-state index in [2.05, 4.69) is 26.2 Å². The highest BCUT2D eigenvalue weighted by Crippen LogP contribution is 2.39. The monoisotopic (exact) mass is 216 g/mol. The van der Waals surface area contributed by atoms with E-state index in [0.717, 1.165) is 19.6 Å². The summed E-state index contributed by atoms with van der Waals surface area (Å²) >= 11 is 3.65. The zero-order valence-electron chi connectivity index (χ0n) is 8.42. The van der Waals surface area contributed by atoms with Crippen LogP contribution in [0.4, 0.5) is 0 Å². The molecule has 0 aliphatic carbocycles. The molecule has 0 aromatic carbocycles. The molecule has 0 radical (unpaired) electrons. The van der Waals surface area contributed by atoms with Gasteiger partial charge in [-0.25, -0.2) is 0 Å². The summed E-state index contributed by atoms with van der Waals surface area (Å²) in [4.78, 5) is 4.15. The highest BCUT2D eigenvalue weighted by molar-refractivity contribution is 8.12. The second kappa shape index (κ2) is 5.78. The Morgan fingerprint density at radius 2 is 2.08 bits per heavy atom. The molecule has 0 amide bonds. The van der Waals surface area contributed by atoms with Gasteiger partial charge in [-0.1, -0.05) is 18.7 Å². The molecule has 1 aliphatic rings. The van der Waals surface area contributed by atoms with E-state index < -0.39 is 0 Å². The average molecular weight is 216 g/mol. The van der Waals surface area contributed by atoms with E-state index in [1.807, 2.05) is 23.5 Å². The fourth-order valence-corrected chi connectivity index (χ4v) is 2.74. The Hall–Kier alpha value is 0.140. The van der Waals surface area contributed by atoms with Crippen LogP contribution in [0.25, 0.3) is 0 Å². The SMILES string of the molecule is CCCOCC1=CSC(C)=C(C)S1. The summed E-state index contributed by atoms with van der Waals surface area (Å²) in [7, 11) is 0. The molecule has 0 N–H and O–H groups in total. The van der Waals surface area contributed by atoms with Gasteiger partial charge in [-0.3, -0.25) is 0 Å². The van der Waals surface area contributed by atoms with E-state index >= 15 is 0 Å². The molecule has 0 bridgehead atoms. The van der Waals surface area contributed by atoms with E-state index in [4.69, 9.17) is 4.74 Å². The molecule has 3 heteroatoms. The second-order valence-corrected chi connectivity index (χ2v) is 5.39. The summed E-state index contributed by atoms with van der Waals surface area (Å²) in [5.41, 5.74) is 0. The van der Waals surface area contributed by atoms with Crippen molar-refractivity contribution < 1.29 is 4.74 Å². The third kappa shape index (κ3) is 3.79. The number of allylic oxidation sites excluding steroid dienone is 2. The molecular weight excluding hydrogens is 200 g/mol. The minimum absolute atomic E-state index is 0.774. The van der Waals surface area contributed by atoms with Gasteiger partial charge in [-0.15, -0.1) is 11.8 Å². The Bertz CT molecular complexity index is 231. The molecule has 1 rings (SSSR count). The number of rotatable bonds is 4. The van der Waals surface area contributed by atoms with Crippen LogP contribution in [0, 0.1) is 0 Å². The van der Waals surface area contributed by atoms with Crippen molar-refractivity contribution in [3.63, 3.8) is 0 Å². The summed E-state index contributed by atoms with van der Waals surface area (Å²) < 4.78 is 5.48. The summed E-state index contributed by atoms with van der Waals surface area (Å²) in [6, 6.07) is 0. The van der Waals surface area contributed by atoms with Crippen LogP contribution >= 0.6 is 23.5 Å². The number of ether oxygens (including phenoxy) is 1. The molecule has 0 saturated carbocycles. The fourth-order valence-electron chi connectivity index (χ4n) is 0.910. The van der Waals surface area contributed by atoms with Crippen LogP contribution in [-0.4, -0.2) is 13.2 Å². The maximum absolute atomic E-state index is 5.48. The van der Waals surface area contributed by atoms with Crippen LogP contribution < -0.4 is 0 Å². The van der Waals surface area contributed by atoms with Crippen LogP contribution in [0.3, 0.4) is 0 Å². The fraction of sp³-hybridized carbons (Fsp3) is 0.600. The van der Waals surface area contributed by atoms with Gasteiger partial charge in [0.25, 0.3) is 0 Å². The molecule has 0 atom stereocenters. The van der Waals surface area contributed by atoms with Crippen LogP contribution in [0.2, 0.25) is 0 Å². The molecule has 0 aromatic heterocycles. The van der Waals surface area contributed by atoms with Gasteiger partial charge >= 0.3 is 0 Å². The van der Waals surface area contributed by atoms with Crippen molar-refractivity contribution in [1.29, 1.82) is 0 Å². The van der Waals surface area contributed by atoms with Crippen molar-refractivity contribution in [1.82, 2.24) is 0 Å². The minimum Gasteiger partial charge on any atom is -0.376 e. The van der Waals surface area contributed by atoms with Crippen LogP contribution in [0.15, 0.2) is 20.1 Å². The number of thioether (sulfide) groups is 2. The van der Waals surface area contributed by atoms with E-state index in [0.29, 0.717) is 0 Å². The lowest BCUT2D eigenvalue weighted by Crippen LogP contribution is -1.98. The number of hydrogen-bond donors (Lipinski definition) is 0. The van der Waals surface area contributed by atoms with Gasteiger partial charge in [0.2, 0.25) is 0 Å². The van der Waals surface area contributed by atoms with E-state index in [-0.39, 0.29) is 0 Å². The van der Waals surface area contributed by atoms with Crippen LogP contribution in [0.5, 0.6) is 0 Å². The Balaban J connectivity index is 2.30. The normalized spacial score (nSPS) is 17.6. The maximum atomic E-state index is 5.48. The molecule has 13 heavy (non-hydrogen) atoms. The minimum atomic E-state index is 0.774. The van der Waals surface area contributed by atoms with Gasteiger partial charge in [0.15, 0.2) is 0 Å². The lowest BCUT2D eigenvalue weighted by Gasteiger charge is -2.14. The topological polar surface area (TPSA) is 9.23 Å². The Kier molecular flexibility index (Phi) is 4.99. The van der Waals surface area contributed by atoms with Gasteiger partial charge in [0.05, 0.1) is 6.61 Å². The third-order valence-corrected chi connectivity index (χ3v) is 4.19. The zero-order chi connectivity index (χ0) is 9.68. The van der Waals surface area contributed by atoms with Gasteiger partial charge in [0, 0.05) is 11.5 Å². The number of hydrogen-bond acceptors (Lipinski definition) is 3. The molecule has 0 saturated heterocycles. The molecule has 0 unspecified atom stereocenters.